The van der Waals surface area contributed by atoms with E-state index in [-0.39, 0.29) is 0 Å². The fourth-order valence-electron chi connectivity index (χ4n) is 4.73. The summed E-state index contributed by atoms with van der Waals surface area (Å²) in [4.78, 5) is 0. The zero-order valence-electron chi connectivity index (χ0n) is 16.9. The van der Waals surface area contributed by atoms with Crippen molar-refractivity contribution in [1.29, 1.82) is 0 Å². The Bertz CT molecular complexity index is 1310. The normalized spacial score (nSPS) is 14.8. The molecule has 148 valence electrons. The second kappa shape index (κ2) is 7.72. The van der Waals surface area contributed by atoms with Crippen LogP contribution < -0.4 is 5.73 Å². The number of benzene rings is 4. The van der Waals surface area contributed by atoms with E-state index in [1.54, 1.807) is 11.6 Å². The van der Waals surface area contributed by atoms with Gasteiger partial charge >= 0.3 is 0 Å². The quantitative estimate of drug-likeness (QED) is 0.316. The molecule has 0 fully saturated rings. The Morgan fingerprint density at radius 2 is 1.53 bits per heavy atom. The third-order valence-electron chi connectivity index (χ3n) is 6.20. The summed E-state index contributed by atoms with van der Waals surface area (Å²) in [6.07, 6.45) is 9.36. The van der Waals surface area contributed by atoms with Crippen molar-refractivity contribution in [2.75, 3.05) is 5.73 Å². The summed E-state index contributed by atoms with van der Waals surface area (Å²) in [7, 11) is 0. The highest BCUT2D eigenvalue weighted by molar-refractivity contribution is 6.00. The van der Waals surface area contributed by atoms with Crippen LogP contribution in [-0.4, -0.2) is 5.11 Å². The fraction of sp³-hybridized carbons (Fsp3) is 0.143. The lowest BCUT2D eigenvalue weighted by atomic mass is 9.79. The van der Waals surface area contributed by atoms with E-state index in [9.17, 15) is 5.11 Å². The van der Waals surface area contributed by atoms with Crippen LogP contribution in [0.1, 0.15) is 30.4 Å². The molecule has 2 aliphatic carbocycles. The number of nitrogen functional groups attached to an aromatic ring is 1. The third-order valence-corrected chi connectivity index (χ3v) is 6.20. The van der Waals surface area contributed by atoms with E-state index >= 15 is 0 Å². The van der Waals surface area contributed by atoms with Gasteiger partial charge in [-0.25, -0.2) is 0 Å². The smallest absolute Gasteiger partial charge is 0.123 e. The monoisotopic (exact) mass is 391 g/mol. The lowest BCUT2D eigenvalue weighted by molar-refractivity contribution is 0.481. The van der Waals surface area contributed by atoms with Gasteiger partial charge in [-0.1, -0.05) is 78.4 Å². The Morgan fingerprint density at radius 1 is 0.733 bits per heavy atom. The number of phenolic OH excluding ortho intramolecular Hbond substituents is 1. The number of allylic oxidation sites excluding steroid dienone is 4. The van der Waals surface area contributed by atoms with E-state index in [1.165, 1.54) is 46.7 Å². The van der Waals surface area contributed by atoms with Crippen LogP contribution in [0.25, 0.3) is 27.1 Å². The number of nitrogens with two attached hydrogens (primary N) is 1. The molecular weight excluding hydrogens is 366 g/mol. The van der Waals surface area contributed by atoms with Gasteiger partial charge in [-0.15, -0.1) is 0 Å². The Kier molecular flexibility index (Phi) is 4.76. The molecule has 0 radical (unpaired) electrons. The first kappa shape index (κ1) is 18.5. The van der Waals surface area contributed by atoms with Crippen LogP contribution in [0.15, 0.2) is 90.5 Å². The second-order valence-corrected chi connectivity index (χ2v) is 7.99. The molecule has 3 N–H and O–H groups in total. The van der Waals surface area contributed by atoms with E-state index in [0.29, 0.717) is 5.75 Å². The number of hydrogen-bond acceptors (Lipinski definition) is 2. The average molecular weight is 392 g/mol. The van der Waals surface area contributed by atoms with E-state index in [4.69, 9.17) is 5.73 Å². The molecule has 0 amide bonds. The number of aryl methyl sites for hydroxylation is 1. The first-order valence-corrected chi connectivity index (χ1v) is 10.6. The predicted molar refractivity (Wildman–Crippen MR) is 128 cm³/mol. The molecule has 2 nitrogen and oxygen atoms in total. The first-order chi connectivity index (χ1) is 14.7. The Balaban J connectivity index is 0.000000149. The summed E-state index contributed by atoms with van der Waals surface area (Å²) in [5, 5.41) is 13.9. The van der Waals surface area contributed by atoms with Crippen molar-refractivity contribution in [3.8, 4) is 5.75 Å². The van der Waals surface area contributed by atoms with Crippen LogP contribution in [-0.2, 0) is 6.42 Å². The maximum absolute atomic E-state index is 9.37. The zero-order chi connectivity index (χ0) is 20.5. The van der Waals surface area contributed by atoms with Crippen LogP contribution in [0.4, 0.5) is 5.69 Å². The van der Waals surface area contributed by atoms with Crippen LogP contribution in [0, 0.1) is 0 Å². The minimum absolute atomic E-state index is 0.350. The highest BCUT2D eigenvalue weighted by atomic mass is 16.3. The second-order valence-electron chi connectivity index (χ2n) is 7.99. The van der Waals surface area contributed by atoms with Crippen molar-refractivity contribution >= 4 is 32.8 Å². The Labute approximate surface area is 177 Å². The molecule has 0 saturated heterocycles. The third kappa shape index (κ3) is 3.25. The van der Waals surface area contributed by atoms with Crippen LogP contribution in [0.5, 0.6) is 5.75 Å². The summed E-state index contributed by atoms with van der Waals surface area (Å²) in [6.45, 7) is 0. The molecule has 0 heterocycles. The fourth-order valence-corrected chi connectivity index (χ4v) is 4.73. The zero-order valence-corrected chi connectivity index (χ0v) is 16.9. The molecule has 4 aromatic rings. The highest BCUT2D eigenvalue weighted by Crippen LogP contribution is 2.41. The molecular formula is C28H25NO. The van der Waals surface area contributed by atoms with Gasteiger partial charge in [0, 0.05) is 16.5 Å². The van der Waals surface area contributed by atoms with E-state index in [2.05, 4.69) is 30.4 Å². The maximum Gasteiger partial charge on any atom is 0.123 e. The first-order valence-electron chi connectivity index (χ1n) is 10.6. The SMILES string of the molecule is Nc1cccc2ccc3c(c12)CCC1=C3C=CCC1.Oc1cccc2ccccc12. The Hall–Kier alpha value is -3.52. The van der Waals surface area contributed by atoms with Gasteiger partial charge in [-0.05, 0) is 65.3 Å². The molecule has 0 aliphatic heterocycles. The van der Waals surface area contributed by atoms with Crippen molar-refractivity contribution in [3.05, 3.63) is 102 Å². The van der Waals surface area contributed by atoms with Crippen LogP contribution >= 0.6 is 0 Å². The van der Waals surface area contributed by atoms with Gasteiger partial charge < -0.3 is 10.8 Å². The molecule has 0 aromatic heterocycles. The number of anilines is 1. The van der Waals surface area contributed by atoms with Gasteiger partial charge in [-0.2, -0.15) is 0 Å². The minimum Gasteiger partial charge on any atom is -0.507 e. The largest absolute Gasteiger partial charge is 0.507 e. The lowest BCUT2D eigenvalue weighted by Crippen LogP contribution is -2.07. The van der Waals surface area contributed by atoms with Gasteiger partial charge in [0.2, 0.25) is 0 Å². The van der Waals surface area contributed by atoms with Crippen molar-refractivity contribution < 1.29 is 5.11 Å². The molecule has 6 rings (SSSR count). The van der Waals surface area contributed by atoms with Crippen LogP contribution in [0.2, 0.25) is 0 Å². The van der Waals surface area contributed by atoms with E-state index in [0.717, 1.165) is 22.9 Å². The van der Waals surface area contributed by atoms with Crippen molar-refractivity contribution in [2.24, 2.45) is 0 Å². The molecule has 0 saturated carbocycles. The van der Waals surface area contributed by atoms with Crippen LogP contribution in [0.3, 0.4) is 0 Å². The molecule has 0 bridgehead atoms. The molecule has 4 aromatic carbocycles. The van der Waals surface area contributed by atoms with Gasteiger partial charge in [0.1, 0.15) is 5.75 Å². The molecule has 0 atom stereocenters. The number of fused-ring (bicyclic) bond motifs is 5. The molecule has 2 aliphatic rings. The molecule has 30 heavy (non-hydrogen) atoms. The minimum atomic E-state index is 0.350. The summed E-state index contributed by atoms with van der Waals surface area (Å²) in [5.74, 6) is 0.350. The van der Waals surface area contributed by atoms with Crippen molar-refractivity contribution in [3.63, 3.8) is 0 Å². The van der Waals surface area contributed by atoms with Gasteiger partial charge in [0.25, 0.3) is 0 Å². The predicted octanol–water partition coefficient (Wildman–Crippen LogP) is 7.02. The number of aromatic hydroxyl groups is 1. The average Bonchev–Trinajstić information content (AvgIpc) is 2.79. The highest BCUT2D eigenvalue weighted by Gasteiger charge is 2.21. The number of phenols is 1. The van der Waals surface area contributed by atoms with E-state index < -0.39 is 0 Å². The number of rotatable bonds is 0. The van der Waals surface area contributed by atoms with Gasteiger partial charge in [0.05, 0.1) is 0 Å². The molecule has 2 heteroatoms. The van der Waals surface area contributed by atoms with Crippen molar-refractivity contribution in [2.45, 2.75) is 25.7 Å². The van der Waals surface area contributed by atoms with Gasteiger partial charge in [-0.3, -0.25) is 0 Å². The van der Waals surface area contributed by atoms with Crippen molar-refractivity contribution in [1.82, 2.24) is 0 Å². The summed E-state index contributed by atoms with van der Waals surface area (Å²) in [6, 6.07) is 24.0. The molecule has 0 unspecified atom stereocenters. The summed E-state index contributed by atoms with van der Waals surface area (Å²) < 4.78 is 0. The summed E-state index contributed by atoms with van der Waals surface area (Å²) in [5.41, 5.74) is 13.1. The van der Waals surface area contributed by atoms with E-state index in [1.807, 2.05) is 48.5 Å². The molecule has 0 spiro atoms. The lowest BCUT2D eigenvalue weighted by Gasteiger charge is -2.25. The summed E-state index contributed by atoms with van der Waals surface area (Å²) >= 11 is 0. The Morgan fingerprint density at radius 3 is 2.43 bits per heavy atom. The van der Waals surface area contributed by atoms with Gasteiger partial charge in [0.15, 0.2) is 0 Å². The standard InChI is InChI=1S/C18H17N.C10H8O/c19-17-7-3-5-13-9-10-15-14-6-2-1-4-12(14)8-11-16(15)18(13)17;11-10-7-3-5-8-4-1-2-6-9(8)10/h2-3,5-7,9-10H,1,4,8,11,19H2;1-7,11H. The maximum atomic E-state index is 9.37. The topological polar surface area (TPSA) is 46.2 Å². The number of hydrogen-bond donors (Lipinski definition) is 2.